The first kappa shape index (κ1) is 15.0. The predicted molar refractivity (Wildman–Crippen MR) is 82.2 cm³/mol. The van der Waals surface area contributed by atoms with Crippen LogP contribution in [0.4, 0.5) is 0 Å². The molecule has 3 nitrogen and oxygen atoms in total. The molecular formula is C17H26N2O. The van der Waals surface area contributed by atoms with Gasteiger partial charge in [0.2, 0.25) is 5.91 Å². The van der Waals surface area contributed by atoms with Crippen LogP contribution < -0.4 is 11.1 Å². The standard InChI is InChI=1S/C17H26N2O/c1-17(9-3-2-4-10-17)13-19-16(20)11-14-5-7-15(12-18)8-6-14/h5-8H,2-4,9-13,18H2,1H3,(H,19,20). The summed E-state index contributed by atoms with van der Waals surface area (Å²) in [7, 11) is 0. The lowest BCUT2D eigenvalue weighted by Gasteiger charge is -2.33. The zero-order valence-corrected chi connectivity index (χ0v) is 12.5. The topological polar surface area (TPSA) is 55.1 Å². The molecule has 1 amide bonds. The van der Waals surface area contributed by atoms with E-state index in [9.17, 15) is 4.79 Å². The number of carbonyl (C=O) groups is 1. The molecule has 1 fully saturated rings. The minimum atomic E-state index is 0.122. The maximum absolute atomic E-state index is 12.0. The van der Waals surface area contributed by atoms with Crippen LogP contribution in [-0.4, -0.2) is 12.5 Å². The molecule has 0 aromatic heterocycles. The highest BCUT2D eigenvalue weighted by atomic mass is 16.1. The Bertz CT molecular complexity index is 433. The number of amides is 1. The lowest BCUT2D eigenvalue weighted by Crippen LogP contribution is -2.37. The second-order valence-electron chi connectivity index (χ2n) is 6.35. The monoisotopic (exact) mass is 274 g/mol. The summed E-state index contributed by atoms with van der Waals surface area (Å²) in [6.07, 6.45) is 6.87. The first-order chi connectivity index (χ1) is 9.61. The Morgan fingerprint density at radius 3 is 2.35 bits per heavy atom. The Morgan fingerprint density at radius 1 is 1.15 bits per heavy atom. The Labute approximate surface area is 121 Å². The molecule has 0 spiro atoms. The van der Waals surface area contributed by atoms with Gasteiger partial charge in [-0.1, -0.05) is 50.5 Å². The van der Waals surface area contributed by atoms with E-state index in [4.69, 9.17) is 5.73 Å². The highest BCUT2D eigenvalue weighted by molar-refractivity contribution is 5.78. The van der Waals surface area contributed by atoms with Gasteiger partial charge >= 0.3 is 0 Å². The van der Waals surface area contributed by atoms with Crippen molar-refractivity contribution >= 4 is 5.91 Å². The van der Waals surface area contributed by atoms with E-state index in [-0.39, 0.29) is 5.91 Å². The van der Waals surface area contributed by atoms with Gasteiger partial charge in [0.05, 0.1) is 6.42 Å². The van der Waals surface area contributed by atoms with Crippen LogP contribution in [0.5, 0.6) is 0 Å². The molecule has 2 rings (SSSR count). The third-order valence-electron chi connectivity index (χ3n) is 4.40. The average molecular weight is 274 g/mol. The molecule has 3 N–H and O–H groups in total. The van der Waals surface area contributed by atoms with Crippen LogP contribution in [0.25, 0.3) is 0 Å². The number of nitrogens with one attached hydrogen (secondary N) is 1. The SMILES string of the molecule is CC1(CNC(=O)Cc2ccc(CN)cc2)CCCCC1. The van der Waals surface area contributed by atoms with E-state index >= 15 is 0 Å². The van der Waals surface area contributed by atoms with Crippen molar-refractivity contribution in [3.05, 3.63) is 35.4 Å². The summed E-state index contributed by atoms with van der Waals surface area (Å²) < 4.78 is 0. The van der Waals surface area contributed by atoms with Crippen LogP contribution in [0, 0.1) is 5.41 Å². The van der Waals surface area contributed by atoms with E-state index in [2.05, 4.69) is 12.2 Å². The molecule has 1 aromatic rings. The van der Waals surface area contributed by atoms with Gasteiger partial charge in [-0.05, 0) is 29.4 Å². The van der Waals surface area contributed by atoms with Gasteiger partial charge < -0.3 is 11.1 Å². The van der Waals surface area contributed by atoms with Gasteiger partial charge in [0.25, 0.3) is 0 Å². The number of benzene rings is 1. The Hall–Kier alpha value is -1.35. The summed E-state index contributed by atoms with van der Waals surface area (Å²) in [4.78, 5) is 12.0. The van der Waals surface area contributed by atoms with Crippen molar-refractivity contribution in [3.8, 4) is 0 Å². The summed E-state index contributed by atoms with van der Waals surface area (Å²) in [5.74, 6) is 0.122. The van der Waals surface area contributed by atoms with Crippen molar-refractivity contribution in [2.45, 2.75) is 52.0 Å². The largest absolute Gasteiger partial charge is 0.355 e. The maximum atomic E-state index is 12.0. The fraction of sp³-hybridized carbons (Fsp3) is 0.588. The van der Waals surface area contributed by atoms with E-state index < -0.39 is 0 Å². The molecule has 0 bridgehead atoms. The van der Waals surface area contributed by atoms with Crippen molar-refractivity contribution in [2.75, 3.05) is 6.54 Å². The summed E-state index contributed by atoms with van der Waals surface area (Å²) >= 11 is 0. The summed E-state index contributed by atoms with van der Waals surface area (Å²) in [6, 6.07) is 7.96. The van der Waals surface area contributed by atoms with Crippen molar-refractivity contribution in [2.24, 2.45) is 11.1 Å². The van der Waals surface area contributed by atoms with Crippen LogP contribution in [0.1, 0.15) is 50.2 Å². The second-order valence-corrected chi connectivity index (χ2v) is 6.35. The zero-order chi connectivity index (χ0) is 14.4. The molecule has 3 heteroatoms. The van der Waals surface area contributed by atoms with Gasteiger partial charge in [-0.25, -0.2) is 0 Å². The van der Waals surface area contributed by atoms with Crippen molar-refractivity contribution < 1.29 is 4.79 Å². The van der Waals surface area contributed by atoms with Gasteiger partial charge in [0.15, 0.2) is 0 Å². The van der Waals surface area contributed by atoms with Gasteiger partial charge in [0, 0.05) is 13.1 Å². The summed E-state index contributed by atoms with van der Waals surface area (Å²) in [5, 5.41) is 3.11. The lowest BCUT2D eigenvalue weighted by atomic mass is 9.76. The highest BCUT2D eigenvalue weighted by Crippen LogP contribution is 2.34. The summed E-state index contributed by atoms with van der Waals surface area (Å²) in [6.45, 7) is 3.65. The lowest BCUT2D eigenvalue weighted by molar-refractivity contribution is -0.121. The fourth-order valence-corrected chi connectivity index (χ4v) is 2.94. The molecule has 110 valence electrons. The number of nitrogens with two attached hydrogens (primary N) is 1. The van der Waals surface area contributed by atoms with Gasteiger partial charge in [-0.2, -0.15) is 0 Å². The van der Waals surface area contributed by atoms with Crippen LogP contribution in [0.2, 0.25) is 0 Å². The third kappa shape index (κ3) is 4.34. The van der Waals surface area contributed by atoms with E-state index in [1.807, 2.05) is 24.3 Å². The molecule has 1 saturated carbocycles. The van der Waals surface area contributed by atoms with E-state index in [1.54, 1.807) is 0 Å². The van der Waals surface area contributed by atoms with Crippen molar-refractivity contribution in [1.29, 1.82) is 0 Å². The smallest absolute Gasteiger partial charge is 0.224 e. The Kier molecular flexibility index (Phi) is 5.18. The number of hydrogen-bond acceptors (Lipinski definition) is 2. The van der Waals surface area contributed by atoms with Crippen LogP contribution >= 0.6 is 0 Å². The second kappa shape index (κ2) is 6.89. The molecule has 0 heterocycles. The molecule has 0 radical (unpaired) electrons. The predicted octanol–water partition coefficient (Wildman–Crippen LogP) is 2.77. The van der Waals surface area contributed by atoms with E-state index in [1.165, 1.54) is 32.1 Å². The van der Waals surface area contributed by atoms with Crippen LogP contribution in [-0.2, 0) is 17.8 Å². The average Bonchev–Trinajstić information content (AvgIpc) is 2.47. The Balaban J connectivity index is 1.79. The normalized spacial score (nSPS) is 17.7. The Morgan fingerprint density at radius 2 is 1.75 bits per heavy atom. The molecule has 0 unspecified atom stereocenters. The minimum Gasteiger partial charge on any atom is -0.355 e. The van der Waals surface area contributed by atoms with Crippen LogP contribution in [0.15, 0.2) is 24.3 Å². The zero-order valence-electron chi connectivity index (χ0n) is 12.5. The minimum absolute atomic E-state index is 0.122. The van der Waals surface area contributed by atoms with Gasteiger partial charge in [-0.3, -0.25) is 4.79 Å². The number of rotatable bonds is 5. The third-order valence-corrected chi connectivity index (χ3v) is 4.40. The molecule has 20 heavy (non-hydrogen) atoms. The molecule has 1 aromatic carbocycles. The van der Waals surface area contributed by atoms with E-state index in [0.29, 0.717) is 18.4 Å². The molecule has 0 aliphatic heterocycles. The fourth-order valence-electron chi connectivity index (χ4n) is 2.94. The van der Waals surface area contributed by atoms with Gasteiger partial charge in [0.1, 0.15) is 0 Å². The highest BCUT2D eigenvalue weighted by Gasteiger charge is 2.26. The van der Waals surface area contributed by atoms with Crippen molar-refractivity contribution in [1.82, 2.24) is 5.32 Å². The van der Waals surface area contributed by atoms with Crippen LogP contribution in [0.3, 0.4) is 0 Å². The number of carbonyl (C=O) groups excluding carboxylic acids is 1. The molecular weight excluding hydrogens is 248 g/mol. The number of hydrogen-bond donors (Lipinski definition) is 2. The maximum Gasteiger partial charge on any atom is 0.224 e. The van der Waals surface area contributed by atoms with Gasteiger partial charge in [-0.15, -0.1) is 0 Å². The van der Waals surface area contributed by atoms with Crippen molar-refractivity contribution in [3.63, 3.8) is 0 Å². The molecule has 1 aliphatic rings. The first-order valence-electron chi connectivity index (χ1n) is 7.66. The molecule has 0 atom stereocenters. The molecule has 0 saturated heterocycles. The molecule has 1 aliphatic carbocycles. The summed E-state index contributed by atoms with van der Waals surface area (Å²) in [5.41, 5.74) is 8.02. The first-order valence-corrected chi connectivity index (χ1v) is 7.66. The van der Waals surface area contributed by atoms with E-state index in [0.717, 1.165) is 17.7 Å². The quantitative estimate of drug-likeness (QED) is 0.867.